The van der Waals surface area contributed by atoms with Crippen LogP contribution in [0.1, 0.15) is 17.2 Å². The molecule has 104 valence electrons. The maximum atomic E-state index is 10.6. The zero-order valence-corrected chi connectivity index (χ0v) is 11.9. The van der Waals surface area contributed by atoms with Gasteiger partial charge in [-0.2, -0.15) is 0 Å². The molecule has 2 aromatic carbocycles. The Morgan fingerprint density at radius 3 is 2.45 bits per heavy atom. The van der Waals surface area contributed by atoms with Gasteiger partial charge in [0.05, 0.1) is 11.0 Å². The van der Waals surface area contributed by atoms with Gasteiger partial charge in [0.2, 0.25) is 0 Å². The first kappa shape index (κ1) is 14.5. The summed E-state index contributed by atoms with van der Waals surface area (Å²) in [5.41, 5.74) is 1.14. The Kier molecular flexibility index (Phi) is 4.36. The number of aromatic hydroxyl groups is 1. The molecule has 20 heavy (non-hydrogen) atoms. The quantitative estimate of drug-likeness (QED) is 0.662. The number of benzene rings is 2. The third-order valence-corrected chi connectivity index (χ3v) is 3.44. The van der Waals surface area contributed by atoms with Crippen molar-refractivity contribution in [3.8, 4) is 5.75 Å². The minimum absolute atomic E-state index is 0.0220. The molecule has 0 aromatic heterocycles. The summed E-state index contributed by atoms with van der Waals surface area (Å²) < 4.78 is 0.807. The number of phenolic OH excluding ortho intramolecular Hbond substituents is 1. The van der Waals surface area contributed by atoms with Crippen LogP contribution in [-0.4, -0.2) is 15.1 Å². The first-order valence-electron chi connectivity index (χ1n) is 5.87. The van der Waals surface area contributed by atoms with E-state index in [1.165, 1.54) is 24.3 Å². The minimum Gasteiger partial charge on any atom is -0.508 e. The van der Waals surface area contributed by atoms with Crippen LogP contribution in [0.15, 0.2) is 46.9 Å². The molecule has 0 aliphatic heterocycles. The summed E-state index contributed by atoms with van der Waals surface area (Å²) >= 11 is 3.30. The second-order valence-electron chi connectivity index (χ2n) is 4.34. The Morgan fingerprint density at radius 1 is 1.20 bits per heavy atom. The number of aliphatic hydroxyl groups is 1. The number of non-ortho nitro benzene ring substituents is 1. The number of aliphatic hydroxyl groups excluding tert-OH is 1. The van der Waals surface area contributed by atoms with Gasteiger partial charge in [0.1, 0.15) is 5.75 Å². The number of hydrogen-bond donors (Lipinski definition) is 2. The predicted octanol–water partition coefficient (Wildman–Crippen LogP) is 3.34. The van der Waals surface area contributed by atoms with Crippen molar-refractivity contribution in [2.75, 3.05) is 0 Å². The number of nitrogens with zero attached hydrogens (tertiary/aromatic N) is 1. The van der Waals surface area contributed by atoms with E-state index in [4.69, 9.17) is 0 Å². The zero-order valence-electron chi connectivity index (χ0n) is 10.4. The van der Waals surface area contributed by atoms with E-state index in [0.717, 1.165) is 4.47 Å². The number of phenols is 1. The van der Waals surface area contributed by atoms with Gasteiger partial charge < -0.3 is 10.2 Å². The molecule has 0 fully saturated rings. The normalized spacial score (nSPS) is 12.1. The van der Waals surface area contributed by atoms with Crippen LogP contribution < -0.4 is 0 Å². The molecular formula is C14H12BrNO4. The summed E-state index contributed by atoms with van der Waals surface area (Å²) in [6, 6.07) is 10.7. The Hall–Kier alpha value is -1.92. The largest absolute Gasteiger partial charge is 0.508 e. The summed E-state index contributed by atoms with van der Waals surface area (Å²) in [5, 5.41) is 30.4. The van der Waals surface area contributed by atoms with Crippen LogP contribution >= 0.6 is 15.9 Å². The van der Waals surface area contributed by atoms with E-state index >= 15 is 0 Å². The lowest BCUT2D eigenvalue weighted by Gasteiger charge is -2.12. The van der Waals surface area contributed by atoms with Gasteiger partial charge in [-0.3, -0.25) is 10.1 Å². The molecule has 0 aliphatic rings. The number of nitro groups is 1. The molecule has 0 amide bonds. The van der Waals surface area contributed by atoms with Gasteiger partial charge >= 0.3 is 0 Å². The fourth-order valence-electron chi connectivity index (χ4n) is 1.86. The minimum atomic E-state index is -0.837. The third kappa shape index (κ3) is 3.34. The van der Waals surface area contributed by atoms with E-state index in [0.29, 0.717) is 11.1 Å². The Morgan fingerprint density at radius 2 is 1.85 bits per heavy atom. The summed E-state index contributed by atoms with van der Waals surface area (Å²) in [5.74, 6) is 0.106. The number of rotatable bonds is 4. The Bertz CT molecular complexity index is 628. The van der Waals surface area contributed by atoms with Crippen molar-refractivity contribution in [2.45, 2.75) is 12.5 Å². The van der Waals surface area contributed by atoms with Gasteiger partial charge in [0.25, 0.3) is 5.69 Å². The fraction of sp³-hybridized carbons (Fsp3) is 0.143. The smallest absolute Gasteiger partial charge is 0.269 e. The van der Waals surface area contributed by atoms with Gasteiger partial charge in [0.15, 0.2) is 0 Å². The van der Waals surface area contributed by atoms with Crippen LogP contribution in [0.25, 0.3) is 0 Å². The summed E-state index contributed by atoms with van der Waals surface area (Å²) in [4.78, 5) is 10.1. The van der Waals surface area contributed by atoms with Gasteiger partial charge in [-0.1, -0.05) is 15.9 Å². The SMILES string of the molecule is O=[N+]([O-])c1ccc(C(O)Cc2cc(Br)ccc2O)cc1. The number of nitro benzene ring substituents is 1. The van der Waals surface area contributed by atoms with E-state index < -0.39 is 11.0 Å². The summed E-state index contributed by atoms with van der Waals surface area (Å²) in [6.45, 7) is 0. The van der Waals surface area contributed by atoms with Crippen LogP contribution in [-0.2, 0) is 6.42 Å². The highest BCUT2D eigenvalue weighted by atomic mass is 79.9. The molecule has 2 rings (SSSR count). The van der Waals surface area contributed by atoms with Gasteiger partial charge in [-0.15, -0.1) is 0 Å². The molecule has 5 nitrogen and oxygen atoms in total. The standard InChI is InChI=1S/C14H12BrNO4/c15-11-3-6-13(17)10(7-11)8-14(18)9-1-4-12(5-2-9)16(19)20/h1-7,14,17-18H,8H2. The molecule has 2 aromatic rings. The monoisotopic (exact) mass is 337 g/mol. The Balaban J connectivity index is 2.17. The average molecular weight is 338 g/mol. The van der Waals surface area contributed by atoms with Crippen LogP contribution in [0.3, 0.4) is 0 Å². The van der Waals surface area contributed by atoms with Crippen molar-refractivity contribution in [3.05, 3.63) is 68.2 Å². The van der Waals surface area contributed by atoms with E-state index in [-0.39, 0.29) is 17.9 Å². The highest BCUT2D eigenvalue weighted by Crippen LogP contribution is 2.27. The lowest BCUT2D eigenvalue weighted by molar-refractivity contribution is -0.384. The van der Waals surface area contributed by atoms with Crippen LogP contribution in [0.4, 0.5) is 5.69 Å². The van der Waals surface area contributed by atoms with E-state index in [2.05, 4.69) is 15.9 Å². The molecule has 0 heterocycles. The second kappa shape index (κ2) is 6.02. The molecule has 0 radical (unpaired) electrons. The Labute approximate surface area is 123 Å². The molecule has 0 saturated carbocycles. The third-order valence-electron chi connectivity index (χ3n) is 2.94. The highest BCUT2D eigenvalue weighted by Gasteiger charge is 2.13. The molecular weight excluding hydrogens is 326 g/mol. The highest BCUT2D eigenvalue weighted by molar-refractivity contribution is 9.10. The lowest BCUT2D eigenvalue weighted by Crippen LogP contribution is -2.02. The van der Waals surface area contributed by atoms with Crippen LogP contribution in [0.5, 0.6) is 5.75 Å². The lowest BCUT2D eigenvalue weighted by atomic mass is 10.0. The first-order valence-corrected chi connectivity index (χ1v) is 6.66. The zero-order chi connectivity index (χ0) is 14.7. The maximum Gasteiger partial charge on any atom is 0.269 e. The van der Waals surface area contributed by atoms with Crippen molar-refractivity contribution in [1.82, 2.24) is 0 Å². The summed E-state index contributed by atoms with van der Waals surface area (Å²) in [6.07, 6.45) is -0.612. The topological polar surface area (TPSA) is 83.6 Å². The molecule has 0 spiro atoms. The molecule has 1 atom stereocenters. The van der Waals surface area contributed by atoms with Crippen LogP contribution in [0.2, 0.25) is 0 Å². The molecule has 0 aliphatic carbocycles. The molecule has 1 unspecified atom stereocenters. The van der Waals surface area contributed by atoms with Gasteiger partial charge in [-0.25, -0.2) is 0 Å². The fourth-order valence-corrected chi connectivity index (χ4v) is 2.27. The number of halogens is 1. The maximum absolute atomic E-state index is 10.6. The molecule has 6 heteroatoms. The molecule has 0 bridgehead atoms. The van der Waals surface area contributed by atoms with Crippen molar-refractivity contribution >= 4 is 21.6 Å². The first-order chi connectivity index (χ1) is 9.47. The van der Waals surface area contributed by atoms with Gasteiger partial charge in [0, 0.05) is 23.0 Å². The predicted molar refractivity (Wildman–Crippen MR) is 77.6 cm³/mol. The van der Waals surface area contributed by atoms with Gasteiger partial charge in [-0.05, 0) is 41.5 Å². The van der Waals surface area contributed by atoms with Crippen molar-refractivity contribution in [1.29, 1.82) is 0 Å². The van der Waals surface area contributed by atoms with E-state index in [1.54, 1.807) is 18.2 Å². The number of hydrogen-bond acceptors (Lipinski definition) is 4. The van der Waals surface area contributed by atoms with E-state index in [9.17, 15) is 20.3 Å². The van der Waals surface area contributed by atoms with Crippen LogP contribution in [0, 0.1) is 10.1 Å². The van der Waals surface area contributed by atoms with Crippen molar-refractivity contribution in [3.63, 3.8) is 0 Å². The second-order valence-corrected chi connectivity index (χ2v) is 5.26. The average Bonchev–Trinajstić information content (AvgIpc) is 2.43. The summed E-state index contributed by atoms with van der Waals surface area (Å²) in [7, 11) is 0. The van der Waals surface area contributed by atoms with Crippen molar-refractivity contribution in [2.24, 2.45) is 0 Å². The van der Waals surface area contributed by atoms with Crippen molar-refractivity contribution < 1.29 is 15.1 Å². The van der Waals surface area contributed by atoms with E-state index in [1.807, 2.05) is 0 Å². The molecule has 0 saturated heterocycles. The molecule has 2 N–H and O–H groups in total.